The summed E-state index contributed by atoms with van der Waals surface area (Å²) in [5.74, 6) is -2.03. The van der Waals surface area contributed by atoms with Crippen LogP contribution >= 0.6 is 0 Å². The topological polar surface area (TPSA) is 56.7 Å². The van der Waals surface area contributed by atoms with E-state index in [0.29, 0.717) is 23.6 Å². The summed E-state index contributed by atoms with van der Waals surface area (Å²) in [6, 6.07) is 9.13. The Morgan fingerprint density at radius 2 is 1.97 bits per heavy atom. The van der Waals surface area contributed by atoms with Gasteiger partial charge in [-0.15, -0.1) is 0 Å². The first-order valence-corrected chi connectivity index (χ1v) is 10.0. The van der Waals surface area contributed by atoms with Crippen molar-refractivity contribution in [2.24, 2.45) is 4.99 Å². The van der Waals surface area contributed by atoms with E-state index in [9.17, 15) is 13.6 Å². The third kappa shape index (κ3) is 4.45. The maximum atomic E-state index is 14.4. The maximum Gasteiger partial charge on any atom is 0.237 e. The second-order valence-corrected chi connectivity index (χ2v) is 7.44. The third-order valence-electron chi connectivity index (χ3n) is 5.42. The van der Waals surface area contributed by atoms with Gasteiger partial charge in [-0.1, -0.05) is 12.5 Å². The molecule has 152 valence electrons. The SMILES string of the molecule is O=C1Nc2cccc(F)c2C1C=Nc1ccc(NCCN2CCCCC2)c(F)c1. The molecule has 0 bridgehead atoms. The first-order chi connectivity index (χ1) is 14.1. The minimum atomic E-state index is -0.823. The molecule has 1 atom stereocenters. The van der Waals surface area contributed by atoms with Gasteiger partial charge in [0, 0.05) is 36.6 Å². The zero-order valence-corrected chi connectivity index (χ0v) is 16.1. The van der Waals surface area contributed by atoms with Gasteiger partial charge in [0.2, 0.25) is 5.91 Å². The molecule has 2 heterocycles. The predicted octanol–water partition coefficient (Wildman–Crippen LogP) is 4.30. The van der Waals surface area contributed by atoms with E-state index in [0.717, 1.165) is 19.6 Å². The fourth-order valence-corrected chi connectivity index (χ4v) is 3.87. The van der Waals surface area contributed by atoms with Crippen LogP contribution in [0.5, 0.6) is 0 Å². The van der Waals surface area contributed by atoms with Crippen molar-refractivity contribution in [3.05, 3.63) is 53.6 Å². The number of rotatable bonds is 6. The fraction of sp³-hybridized carbons (Fsp3) is 0.364. The maximum absolute atomic E-state index is 14.4. The summed E-state index contributed by atoms with van der Waals surface area (Å²) in [6.07, 6.45) is 5.12. The average Bonchev–Trinajstić information content (AvgIpc) is 3.05. The molecule has 0 saturated carbocycles. The van der Waals surface area contributed by atoms with Gasteiger partial charge in [-0.05, 0) is 50.2 Å². The number of carbonyl (C=O) groups is 1. The van der Waals surface area contributed by atoms with Gasteiger partial charge in [0.05, 0.1) is 11.4 Å². The smallest absolute Gasteiger partial charge is 0.237 e. The zero-order valence-electron chi connectivity index (χ0n) is 16.1. The van der Waals surface area contributed by atoms with E-state index in [1.807, 2.05) is 0 Å². The van der Waals surface area contributed by atoms with E-state index in [4.69, 9.17) is 0 Å². The number of amides is 1. The van der Waals surface area contributed by atoms with Crippen molar-refractivity contribution in [2.45, 2.75) is 25.2 Å². The van der Waals surface area contributed by atoms with Gasteiger partial charge >= 0.3 is 0 Å². The number of benzene rings is 2. The van der Waals surface area contributed by atoms with Gasteiger partial charge in [-0.3, -0.25) is 9.79 Å². The lowest BCUT2D eigenvalue weighted by Crippen LogP contribution is -2.33. The van der Waals surface area contributed by atoms with Crippen molar-refractivity contribution < 1.29 is 13.6 Å². The van der Waals surface area contributed by atoms with Crippen LogP contribution in [0.25, 0.3) is 0 Å². The standard InChI is InChI=1S/C22H24F2N4O/c23-17-5-4-6-20-21(17)16(22(29)27-20)14-26-15-7-8-19(18(24)13-15)25-9-12-28-10-2-1-3-11-28/h4-8,13-14,16,25H,1-3,9-12H2,(H,27,29). The molecule has 0 spiro atoms. The van der Waals surface area contributed by atoms with Crippen LogP contribution < -0.4 is 10.6 Å². The molecule has 2 aliphatic heterocycles. The Morgan fingerprint density at radius 1 is 1.14 bits per heavy atom. The number of hydrogen-bond acceptors (Lipinski definition) is 4. The number of anilines is 2. The van der Waals surface area contributed by atoms with Crippen molar-refractivity contribution >= 4 is 29.2 Å². The Hall–Kier alpha value is -2.80. The summed E-state index contributed by atoms with van der Waals surface area (Å²) in [4.78, 5) is 18.7. The lowest BCUT2D eigenvalue weighted by Gasteiger charge is -2.26. The fourth-order valence-electron chi connectivity index (χ4n) is 3.87. The molecule has 0 radical (unpaired) electrons. The molecular weight excluding hydrogens is 374 g/mol. The van der Waals surface area contributed by atoms with Crippen LogP contribution in [-0.4, -0.2) is 43.2 Å². The molecule has 1 saturated heterocycles. The molecule has 2 N–H and O–H groups in total. The Labute approximate surface area is 168 Å². The Kier molecular flexibility index (Phi) is 5.85. The Bertz CT molecular complexity index is 925. The summed E-state index contributed by atoms with van der Waals surface area (Å²) in [5.41, 5.74) is 1.53. The van der Waals surface area contributed by atoms with Crippen molar-refractivity contribution in [3.63, 3.8) is 0 Å². The van der Waals surface area contributed by atoms with Crippen LogP contribution in [0.15, 0.2) is 41.4 Å². The lowest BCUT2D eigenvalue weighted by molar-refractivity contribution is -0.115. The van der Waals surface area contributed by atoms with E-state index in [2.05, 4.69) is 20.5 Å². The number of nitrogens with one attached hydrogen (secondary N) is 2. The first kappa shape index (κ1) is 19.5. The minimum absolute atomic E-state index is 0.276. The van der Waals surface area contributed by atoms with Gasteiger partial charge in [0.25, 0.3) is 0 Å². The van der Waals surface area contributed by atoms with Crippen LogP contribution in [0.1, 0.15) is 30.7 Å². The molecule has 0 aliphatic carbocycles. The molecule has 1 fully saturated rings. The quantitative estimate of drug-likeness (QED) is 0.714. The Morgan fingerprint density at radius 3 is 2.76 bits per heavy atom. The average molecular weight is 398 g/mol. The largest absolute Gasteiger partial charge is 0.381 e. The molecule has 29 heavy (non-hydrogen) atoms. The minimum Gasteiger partial charge on any atom is -0.381 e. The molecule has 2 aromatic rings. The number of hydrogen-bond donors (Lipinski definition) is 2. The van der Waals surface area contributed by atoms with Gasteiger partial charge in [-0.25, -0.2) is 8.78 Å². The number of carbonyl (C=O) groups excluding carboxylic acids is 1. The number of piperidine rings is 1. The molecule has 2 aromatic carbocycles. The zero-order chi connectivity index (χ0) is 20.2. The van der Waals surface area contributed by atoms with Gasteiger partial charge in [-0.2, -0.15) is 0 Å². The van der Waals surface area contributed by atoms with Crippen LogP contribution in [0.2, 0.25) is 0 Å². The summed E-state index contributed by atoms with van der Waals surface area (Å²) < 4.78 is 28.5. The summed E-state index contributed by atoms with van der Waals surface area (Å²) in [7, 11) is 0. The predicted molar refractivity (Wildman–Crippen MR) is 111 cm³/mol. The van der Waals surface area contributed by atoms with Crippen LogP contribution in [-0.2, 0) is 4.79 Å². The van der Waals surface area contributed by atoms with E-state index < -0.39 is 17.6 Å². The normalized spacial score (nSPS) is 19.4. The van der Waals surface area contributed by atoms with Crippen molar-refractivity contribution in [1.29, 1.82) is 0 Å². The van der Waals surface area contributed by atoms with E-state index in [1.165, 1.54) is 37.6 Å². The summed E-state index contributed by atoms with van der Waals surface area (Å²) >= 11 is 0. The molecule has 4 rings (SSSR count). The molecule has 0 aromatic heterocycles. The highest BCUT2D eigenvalue weighted by Crippen LogP contribution is 2.34. The second-order valence-electron chi connectivity index (χ2n) is 7.44. The van der Waals surface area contributed by atoms with Crippen molar-refractivity contribution in [1.82, 2.24) is 4.90 Å². The lowest BCUT2D eigenvalue weighted by atomic mass is 10.0. The van der Waals surface area contributed by atoms with Crippen LogP contribution in [0.4, 0.5) is 25.8 Å². The molecule has 5 nitrogen and oxygen atoms in total. The molecule has 1 amide bonds. The molecule has 2 aliphatic rings. The van der Waals surface area contributed by atoms with Gasteiger partial charge in [0.15, 0.2) is 0 Å². The monoisotopic (exact) mass is 398 g/mol. The number of aliphatic imine (C=N–C) groups is 1. The highest BCUT2D eigenvalue weighted by Gasteiger charge is 2.31. The molecule has 7 heteroatoms. The highest BCUT2D eigenvalue weighted by atomic mass is 19.1. The van der Waals surface area contributed by atoms with E-state index in [-0.39, 0.29) is 11.5 Å². The van der Waals surface area contributed by atoms with Crippen LogP contribution in [0.3, 0.4) is 0 Å². The number of halogens is 2. The number of likely N-dealkylation sites (tertiary alicyclic amines) is 1. The van der Waals surface area contributed by atoms with Crippen LogP contribution in [0, 0.1) is 11.6 Å². The highest BCUT2D eigenvalue weighted by molar-refractivity contribution is 6.12. The van der Waals surface area contributed by atoms with Crippen molar-refractivity contribution in [3.8, 4) is 0 Å². The molecule has 1 unspecified atom stereocenters. The summed E-state index contributed by atoms with van der Waals surface area (Å²) in [6.45, 7) is 3.78. The third-order valence-corrected chi connectivity index (χ3v) is 5.42. The van der Waals surface area contributed by atoms with E-state index in [1.54, 1.807) is 24.3 Å². The Balaban J connectivity index is 1.39. The van der Waals surface area contributed by atoms with Crippen molar-refractivity contribution in [2.75, 3.05) is 36.8 Å². The second kappa shape index (κ2) is 8.69. The first-order valence-electron chi connectivity index (χ1n) is 10.0. The number of fused-ring (bicyclic) bond motifs is 1. The summed E-state index contributed by atoms with van der Waals surface area (Å²) in [5, 5.41) is 5.77. The van der Waals surface area contributed by atoms with Gasteiger partial charge < -0.3 is 15.5 Å². The number of nitrogens with zero attached hydrogens (tertiary/aromatic N) is 2. The molecular formula is C22H24F2N4O. The van der Waals surface area contributed by atoms with Gasteiger partial charge in [0.1, 0.15) is 17.6 Å². The van der Waals surface area contributed by atoms with E-state index >= 15 is 0 Å².